The van der Waals surface area contributed by atoms with Crippen LogP contribution in [-0.2, 0) is 10.0 Å². The van der Waals surface area contributed by atoms with Gasteiger partial charge in [-0.25, -0.2) is 8.42 Å². The summed E-state index contributed by atoms with van der Waals surface area (Å²) < 4.78 is 25.3. The van der Waals surface area contributed by atoms with Crippen molar-refractivity contribution in [3.05, 3.63) is 28.3 Å². The van der Waals surface area contributed by atoms with Gasteiger partial charge in [0.15, 0.2) is 0 Å². The zero-order valence-corrected chi connectivity index (χ0v) is 10.6. The molecule has 0 saturated heterocycles. The molecule has 18 heavy (non-hydrogen) atoms. The molecule has 0 aliphatic carbocycles. The zero-order valence-electron chi connectivity index (χ0n) is 9.79. The molecule has 1 rings (SSSR count). The van der Waals surface area contributed by atoms with Gasteiger partial charge in [0, 0.05) is 12.1 Å². The fourth-order valence-electron chi connectivity index (χ4n) is 1.27. The molecule has 0 spiro atoms. The van der Waals surface area contributed by atoms with Crippen LogP contribution in [0.1, 0.15) is 19.8 Å². The van der Waals surface area contributed by atoms with Crippen LogP contribution >= 0.6 is 0 Å². The summed E-state index contributed by atoms with van der Waals surface area (Å²) in [6.45, 7) is 1.85. The first-order valence-corrected chi connectivity index (χ1v) is 6.99. The largest absolute Gasteiger partial charge is 0.506 e. The first kappa shape index (κ1) is 14.2. The van der Waals surface area contributed by atoms with E-state index < -0.39 is 14.9 Å². The summed E-state index contributed by atoms with van der Waals surface area (Å²) in [7, 11) is -3.59. The number of nitrogens with one attached hydrogen (secondary N) is 1. The number of nitrogens with zero attached hydrogens (tertiary/aromatic N) is 1. The van der Waals surface area contributed by atoms with E-state index in [1.807, 2.05) is 6.92 Å². The van der Waals surface area contributed by atoms with Crippen molar-refractivity contribution in [1.82, 2.24) is 0 Å². The van der Waals surface area contributed by atoms with Gasteiger partial charge in [-0.2, -0.15) is 0 Å². The van der Waals surface area contributed by atoms with Crippen molar-refractivity contribution in [2.75, 3.05) is 10.5 Å². The minimum Gasteiger partial charge on any atom is -0.506 e. The number of sulfonamides is 1. The predicted octanol–water partition coefficient (Wildman–Crippen LogP) is 1.84. The van der Waals surface area contributed by atoms with Gasteiger partial charge >= 0.3 is 0 Å². The van der Waals surface area contributed by atoms with Gasteiger partial charge in [-0.05, 0) is 12.5 Å². The number of phenolic OH excluding ortho intramolecular Hbond substituents is 1. The molecular weight excluding hydrogens is 260 g/mol. The van der Waals surface area contributed by atoms with Crippen molar-refractivity contribution >= 4 is 21.4 Å². The Labute approximate surface area is 105 Å². The highest BCUT2D eigenvalue weighted by Gasteiger charge is 2.15. The van der Waals surface area contributed by atoms with Crippen LogP contribution in [0.2, 0.25) is 0 Å². The summed E-state index contributed by atoms with van der Waals surface area (Å²) in [6.07, 6.45) is 1.19. The molecule has 0 atom stereocenters. The Hall–Kier alpha value is -1.83. The number of phenols is 1. The van der Waals surface area contributed by atoms with E-state index in [0.717, 1.165) is 18.2 Å². The Bertz CT molecular complexity index is 541. The molecule has 0 bridgehead atoms. The number of benzene rings is 1. The number of nitro benzene ring substituents is 1. The fourth-order valence-corrected chi connectivity index (χ4v) is 2.54. The molecule has 7 nitrogen and oxygen atoms in total. The van der Waals surface area contributed by atoms with E-state index in [2.05, 4.69) is 4.72 Å². The molecule has 0 heterocycles. The van der Waals surface area contributed by atoms with Crippen molar-refractivity contribution in [1.29, 1.82) is 0 Å². The molecular formula is C10H14N2O5S. The van der Waals surface area contributed by atoms with Gasteiger partial charge in [0.1, 0.15) is 5.75 Å². The van der Waals surface area contributed by atoms with Crippen LogP contribution in [0.25, 0.3) is 0 Å². The molecule has 0 amide bonds. The van der Waals surface area contributed by atoms with Gasteiger partial charge in [0.05, 0.1) is 16.4 Å². The van der Waals surface area contributed by atoms with Crippen LogP contribution in [0, 0.1) is 10.1 Å². The van der Waals surface area contributed by atoms with Crippen LogP contribution in [-0.4, -0.2) is 24.2 Å². The second-order valence-electron chi connectivity index (χ2n) is 3.73. The number of rotatable bonds is 6. The molecule has 0 aromatic heterocycles. The number of anilines is 1. The minimum absolute atomic E-state index is 0.0916. The van der Waals surface area contributed by atoms with E-state index in [-0.39, 0.29) is 22.9 Å². The maximum atomic E-state index is 11.6. The predicted molar refractivity (Wildman–Crippen MR) is 67.1 cm³/mol. The van der Waals surface area contributed by atoms with Crippen molar-refractivity contribution in [2.45, 2.75) is 19.8 Å². The summed E-state index contributed by atoms with van der Waals surface area (Å²) in [4.78, 5) is 9.89. The van der Waals surface area contributed by atoms with Crippen LogP contribution in [0.3, 0.4) is 0 Å². The average molecular weight is 274 g/mol. The standard InChI is InChI=1S/C10H14N2O5S/c1-2-3-6-18(16,17)11-9-7-8(12(14)15)4-5-10(9)13/h4-5,7,11,13H,2-3,6H2,1H3. The van der Waals surface area contributed by atoms with Crippen LogP contribution in [0.15, 0.2) is 18.2 Å². The SMILES string of the molecule is CCCCS(=O)(=O)Nc1cc([N+](=O)[O-])ccc1O. The number of nitro groups is 1. The second kappa shape index (κ2) is 5.67. The molecule has 0 fully saturated rings. The summed E-state index contributed by atoms with van der Waals surface area (Å²) in [5.41, 5.74) is -0.471. The summed E-state index contributed by atoms with van der Waals surface area (Å²) in [5.74, 6) is -0.438. The molecule has 0 aliphatic heterocycles. The third-order valence-electron chi connectivity index (χ3n) is 2.22. The topological polar surface area (TPSA) is 110 Å². The number of hydrogen-bond donors (Lipinski definition) is 2. The molecule has 8 heteroatoms. The van der Waals surface area contributed by atoms with Crippen molar-refractivity contribution in [3.8, 4) is 5.75 Å². The molecule has 1 aromatic rings. The van der Waals surface area contributed by atoms with E-state index >= 15 is 0 Å². The lowest BCUT2D eigenvalue weighted by Crippen LogP contribution is -2.16. The fraction of sp³-hybridized carbons (Fsp3) is 0.400. The average Bonchev–Trinajstić information content (AvgIpc) is 2.29. The highest BCUT2D eigenvalue weighted by Crippen LogP contribution is 2.28. The Balaban J connectivity index is 2.96. The molecule has 0 saturated carbocycles. The maximum absolute atomic E-state index is 11.6. The van der Waals surface area contributed by atoms with Crippen molar-refractivity contribution < 1.29 is 18.4 Å². The number of hydrogen-bond acceptors (Lipinski definition) is 5. The van der Waals surface area contributed by atoms with Crippen molar-refractivity contribution in [2.24, 2.45) is 0 Å². The number of aromatic hydroxyl groups is 1. The van der Waals surface area contributed by atoms with E-state index in [1.54, 1.807) is 0 Å². The summed E-state index contributed by atoms with van der Waals surface area (Å²) >= 11 is 0. The molecule has 1 aromatic carbocycles. The second-order valence-corrected chi connectivity index (χ2v) is 5.57. The van der Waals surface area contributed by atoms with Crippen LogP contribution < -0.4 is 4.72 Å². The van der Waals surface area contributed by atoms with Crippen molar-refractivity contribution in [3.63, 3.8) is 0 Å². The molecule has 100 valence electrons. The highest BCUT2D eigenvalue weighted by atomic mass is 32.2. The maximum Gasteiger partial charge on any atom is 0.271 e. The molecule has 0 radical (unpaired) electrons. The van der Waals surface area contributed by atoms with Gasteiger partial charge < -0.3 is 5.11 Å². The van der Waals surface area contributed by atoms with Gasteiger partial charge in [0.25, 0.3) is 5.69 Å². The molecule has 0 aliphatic rings. The first-order chi connectivity index (χ1) is 8.35. The van der Waals surface area contributed by atoms with Gasteiger partial charge in [-0.3, -0.25) is 14.8 Å². The zero-order chi connectivity index (χ0) is 13.8. The third-order valence-corrected chi connectivity index (χ3v) is 3.58. The van der Waals surface area contributed by atoms with E-state index in [4.69, 9.17) is 0 Å². The third kappa shape index (κ3) is 3.88. The quantitative estimate of drug-likeness (QED) is 0.467. The lowest BCUT2D eigenvalue weighted by Gasteiger charge is -2.08. The normalized spacial score (nSPS) is 11.2. The van der Waals surface area contributed by atoms with Gasteiger partial charge in [0.2, 0.25) is 10.0 Å². The Morgan fingerprint density at radius 2 is 2.11 bits per heavy atom. The van der Waals surface area contributed by atoms with E-state index in [9.17, 15) is 23.6 Å². The van der Waals surface area contributed by atoms with Gasteiger partial charge in [-0.15, -0.1) is 0 Å². The van der Waals surface area contributed by atoms with Crippen LogP contribution in [0.5, 0.6) is 5.75 Å². The van der Waals surface area contributed by atoms with E-state index in [0.29, 0.717) is 12.8 Å². The lowest BCUT2D eigenvalue weighted by atomic mass is 10.2. The Kier molecular flexibility index (Phi) is 4.49. The number of non-ortho nitro benzene ring substituents is 1. The minimum atomic E-state index is -3.59. The summed E-state index contributed by atoms with van der Waals surface area (Å²) in [6, 6.07) is 3.16. The Morgan fingerprint density at radius 1 is 1.44 bits per heavy atom. The highest BCUT2D eigenvalue weighted by molar-refractivity contribution is 7.92. The number of unbranched alkanes of at least 4 members (excludes halogenated alkanes) is 1. The monoisotopic (exact) mass is 274 g/mol. The van der Waals surface area contributed by atoms with E-state index in [1.165, 1.54) is 0 Å². The smallest absolute Gasteiger partial charge is 0.271 e. The first-order valence-electron chi connectivity index (χ1n) is 5.33. The lowest BCUT2D eigenvalue weighted by molar-refractivity contribution is -0.384. The van der Waals surface area contributed by atoms with Crippen LogP contribution in [0.4, 0.5) is 11.4 Å². The Morgan fingerprint density at radius 3 is 2.67 bits per heavy atom. The summed E-state index contributed by atoms with van der Waals surface area (Å²) in [5, 5.41) is 20.0. The molecule has 2 N–H and O–H groups in total. The molecule has 0 unspecified atom stereocenters. The van der Waals surface area contributed by atoms with Gasteiger partial charge in [-0.1, -0.05) is 13.3 Å².